The van der Waals surface area contributed by atoms with Crippen molar-refractivity contribution >= 4 is 5.91 Å². The van der Waals surface area contributed by atoms with E-state index in [0.29, 0.717) is 5.56 Å². The molecular formula is C13H11F2NO3. The van der Waals surface area contributed by atoms with E-state index in [1.807, 2.05) is 0 Å². The summed E-state index contributed by atoms with van der Waals surface area (Å²) in [6.07, 6.45) is 1.83. The van der Waals surface area contributed by atoms with Gasteiger partial charge in [-0.3, -0.25) is 4.79 Å². The quantitative estimate of drug-likeness (QED) is 0.890. The van der Waals surface area contributed by atoms with Gasteiger partial charge in [0, 0.05) is 17.7 Å². The van der Waals surface area contributed by atoms with Crippen LogP contribution in [0, 0.1) is 11.6 Å². The molecule has 0 saturated heterocycles. The molecule has 2 aromatic rings. The van der Waals surface area contributed by atoms with Crippen molar-refractivity contribution < 1.29 is 23.1 Å². The molecule has 100 valence electrons. The number of carbonyl (C=O) groups is 1. The molecule has 1 heterocycles. The van der Waals surface area contributed by atoms with Gasteiger partial charge in [0.05, 0.1) is 18.6 Å². The number of nitrogens with one attached hydrogen (secondary N) is 1. The van der Waals surface area contributed by atoms with E-state index in [4.69, 9.17) is 4.42 Å². The summed E-state index contributed by atoms with van der Waals surface area (Å²) in [6.45, 7) is -0.0582. The molecule has 1 unspecified atom stereocenters. The van der Waals surface area contributed by atoms with Crippen LogP contribution in [0.25, 0.3) is 0 Å². The Morgan fingerprint density at radius 3 is 2.74 bits per heavy atom. The molecule has 0 aliphatic rings. The molecule has 1 amide bonds. The summed E-state index contributed by atoms with van der Waals surface area (Å²) in [6, 6.07) is 4.40. The molecule has 0 spiro atoms. The van der Waals surface area contributed by atoms with E-state index in [1.165, 1.54) is 12.5 Å². The molecule has 2 rings (SSSR count). The zero-order chi connectivity index (χ0) is 13.8. The van der Waals surface area contributed by atoms with Crippen molar-refractivity contribution in [3.05, 3.63) is 59.6 Å². The third-order valence-corrected chi connectivity index (χ3v) is 2.57. The standard InChI is InChI=1S/C13H11F2NO3/c14-10-2-1-8(5-11(10)15)13(18)16-6-12(17)9-3-4-19-7-9/h1-5,7,12,17H,6H2,(H,16,18). The second kappa shape index (κ2) is 5.62. The average Bonchev–Trinajstić information content (AvgIpc) is 2.92. The van der Waals surface area contributed by atoms with Gasteiger partial charge in [0.25, 0.3) is 5.91 Å². The van der Waals surface area contributed by atoms with Crippen LogP contribution in [0.15, 0.2) is 41.2 Å². The maximum Gasteiger partial charge on any atom is 0.251 e. The van der Waals surface area contributed by atoms with E-state index >= 15 is 0 Å². The van der Waals surface area contributed by atoms with Gasteiger partial charge < -0.3 is 14.8 Å². The van der Waals surface area contributed by atoms with Gasteiger partial charge in [-0.25, -0.2) is 8.78 Å². The van der Waals surface area contributed by atoms with Crippen molar-refractivity contribution in [3.8, 4) is 0 Å². The van der Waals surface area contributed by atoms with Crippen LogP contribution in [0.1, 0.15) is 22.0 Å². The molecule has 1 aromatic heterocycles. The minimum absolute atomic E-state index is 0.0155. The highest BCUT2D eigenvalue weighted by Crippen LogP contribution is 2.12. The molecule has 4 nitrogen and oxygen atoms in total. The Hall–Kier alpha value is -2.21. The van der Waals surface area contributed by atoms with Crippen LogP contribution < -0.4 is 5.32 Å². The lowest BCUT2D eigenvalue weighted by Gasteiger charge is -2.10. The molecule has 0 fully saturated rings. The fourth-order valence-corrected chi connectivity index (χ4v) is 1.51. The van der Waals surface area contributed by atoms with Gasteiger partial charge in [0.2, 0.25) is 0 Å². The third-order valence-electron chi connectivity index (χ3n) is 2.57. The first-order valence-electron chi connectivity index (χ1n) is 5.51. The van der Waals surface area contributed by atoms with Crippen LogP contribution in [0.3, 0.4) is 0 Å². The number of amides is 1. The summed E-state index contributed by atoms with van der Waals surface area (Å²) >= 11 is 0. The number of halogens is 2. The number of aliphatic hydroxyl groups excluding tert-OH is 1. The molecule has 0 radical (unpaired) electrons. The molecule has 1 aromatic carbocycles. The van der Waals surface area contributed by atoms with Gasteiger partial charge >= 0.3 is 0 Å². The van der Waals surface area contributed by atoms with Gasteiger partial charge in [0.15, 0.2) is 11.6 Å². The Labute approximate surface area is 107 Å². The first-order chi connectivity index (χ1) is 9.08. The minimum Gasteiger partial charge on any atom is -0.472 e. The van der Waals surface area contributed by atoms with Crippen molar-refractivity contribution in [2.24, 2.45) is 0 Å². The normalized spacial score (nSPS) is 12.2. The Bertz CT molecular complexity index is 569. The van der Waals surface area contributed by atoms with Crippen LogP contribution >= 0.6 is 0 Å². The predicted octanol–water partition coefficient (Wildman–Crippen LogP) is 2.02. The van der Waals surface area contributed by atoms with Gasteiger partial charge in [0.1, 0.15) is 0 Å². The summed E-state index contributed by atoms with van der Waals surface area (Å²) < 4.78 is 30.4. The highest BCUT2D eigenvalue weighted by Gasteiger charge is 2.13. The van der Waals surface area contributed by atoms with Gasteiger partial charge in [-0.2, -0.15) is 0 Å². The van der Waals surface area contributed by atoms with Crippen molar-refractivity contribution in [3.63, 3.8) is 0 Å². The summed E-state index contributed by atoms with van der Waals surface area (Å²) in [7, 11) is 0. The average molecular weight is 267 g/mol. The monoisotopic (exact) mass is 267 g/mol. The molecule has 0 bridgehead atoms. The second-order valence-electron chi connectivity index (χ2n) is 3.91. The van der Waals surface area contributed by atoms with Crippen LogP contribution in [-0.2, 0) is 0 Å². The van der Waals surface area contributed by atoms with Crippen LogP contribution in [0.5, 0.6) is 0 Å². The van der Waals surface area contributed by atoms with E-state index < -0.39 is 23.6 Å². The fourth-order valence-electron chi connectivity index (χ4n) is 1.51. The topological polar surface area (TPSA) is 62.5 Å². The Morgan fingerprint density at radius 1 is 1.32 bits per heavy atom. The predicted molar refractivity (Wildman–Crippen MR) is 62.4 cm³/mol. The Balaban J connectivity index is 1.96. The van der Waals surface area contributed by atoms with Gasteiger partial charge in [-0.15, -0.1) is 0 Å². The van der Waals surface area contributed by atoms with Crippen molar-refractivity contribution in [2.45, 2.75) is 6.10 Å². The number of rotatable bonds is 4. The highest BCUT2D eigenvalue weighted by atomic mass is 19.2. The third kappa shape index (κ3) is 3.17. The largest absolute Gasteiger partial charge is 0.472 e. The van der Waals surface area contributed by atoms with E-state index in [2.05, 4.69) is 5.32 Å². The minimum atomic E-state index is -1.09. The van der Waals surface area contributed by atoms with E-state index in [1.54, 1.807) is 6.07 Å². The molecule has 0 aliphatic carbocycles. The lowest BCUT2D eigenvalue weighted by molar-refractivity contribution is 0.0915. The van der Waals surface area contributed by atoms with Crippen LogP contribution in [-0.4, -0.2) is 17.6 Å². The summed E-state index contributed by atoms with van der Waals surface area (Å²) in [4.78, 5) is 11.6. The zero-order valence-corrected chi connectivity index (χ0v) is 9.77. The van der Waals surface area contributed by atoms with Crippen LogP contribution in [0.2, 0.25) is 0 Å². The SMILES string of the molecule is O=C(NCC(O)c1ccoc1)c1ccc(F)c(F)c1. The fraction of sp³-hybridized carbons (Fsp3) is 0.154. The van der Waals surface area contributed by atoms with Gasteiger partial charge in [-0.05, 0) is 24.3 Å². The summed E-state index contributed by atoms with van der Waals surface area (Å²) in [5, 5.41) is 12.1. The van der Waals surface area contributed by atoms with E-state index in [-0.39, 0.29) is 12.1 Å². The van der Waals surface area contributed by atoms with E-state index in [9.17, 15) is 18.7 Å². The molecule has 0 aliphatic heterocycles. The molecule has 1 atom stereocenters. The maximum atomic E-state index is 12.9. The maximum absolute atomic E-state index is 12.9. The Kier molecular flexibility index (Phi) is 3.91. The first kappa shape index (κ1) is 13.2. The molecule has 0 saturated carbocycles. The number of hydrogen-bond acceptors (Lipinski definition) is 3. The van der Waals surface area contributed by atoms with Crippen LogP contribution in [0.4, 0.5) is 8.78 Å². The molecular weight excluding hydrogens is 256 g/mol. The Morgan fingerprint density at radius 2 is 2.11 bits per heavy atom. The van der Waals surface area contributed by atoms with Crippen molar-refractivity contribution in [2.75, 3.05) is 6.54 Å². The lowest BCUT2D eigenvalue weighted by atomic mass is 10.1. The van der Waals surface area contributed by atoms with E-state index in [0.717, 1.165) is 18.2 Å². The molecule has 2 N–H and O–H groups in total. The smallest absolute Gasteiger partial charge is 0.251 e. The zero-order valence-electron chi connectivity index (χ0n) is 9.77. The molecule has 6 heteroatoms. The lowest BCUT2D eigenvalue weighted by Crippen LogP contribution is -2.28. The molecule has 19 heavy (non-hydrogen) atoms. The first-order valence-corrected chi connectivity index (χ1v) is 5.51. The van der Waals surface area contributed by atoms with Crippen molar-refractivity contribution in [1.29, 1.82) is 0 Å². The number of hydrogen-bond donors (Lipinski definition) is 2. The highest BCUT2D eigenvalue weighted by molar-refractivity contribution is 5.94. The number of furan rings is 1. The number of aliphatic hydroxyl groups is 1. The van der Waals surface area contributed by atoms with Gasteiger partial charge in [-0.1, -0.05) is 0 Å². The summed E-state index contributed by atoms with van der Waals surface area (Å²) in [5.41, 5.74) is 0.504. The number of benzene rings is 1. The second-order valence-corrected chi connectivity index (χ2v) is 3.91. The number of carbonyl (C=O) groups excluding carboxylic acids is 1. The van der Waals surface area contributed by atoms with Crippen molar-refractivity contribution in [1.82, 2.24) is 5.32 Å². The summed E-state index contributed by atoms with van der Waals surface area (Å²) in [5.74, 6) is -2.71.